The van der Waals surface area contributed by atoms with Crippen LogP contribution in [0.2, 0.25) is 0 Å². The molecule has 0 heterocycles. The normalized spacial score (nSPS) is 12.2. The molecule has 0 saturated carbocycles. The minimum Gasteiger partial charge on any atom is -0.494 e. The summed E-state index contributed by atoms with van der Waals surface area (Å²) in [6, 6.07) is 12.0. The van der Waals surface area contributed by atoms with Crippen LogP contribution in [-0.4, -0.2) is 6.61 Å². The molecule has 20 heavy (non-hydrogen) atoms. The highest BCUT2D eigenvalue weighted by molar-refractivity contribution is 9.10. The van der Waals surface area contributed by atoms with E-state index in [1.165, 1.54) is 12.1 Å². The van der Waals surface area contributed by atoms with Crippen molar-refractivity contribution in [2.45, 2.75) is 13.0 Å². The molecule has 0 saturated heterocycles. The monoisotopic (exact) mass is 338 g/mol. The lowest BCUT2D eigenvalue weighted by molar-refractivity contribution is 0.340. The van der Waals surface area contributed by atoms with Crippen LogP contribution in [0.15, 0.2) is 46.9 Å². The molecule has 0 aromatic heterocycles. The van der Waals surface area contributed by atoms with Crippen LogP contribution in [0.1, 0.15) is 24.1 Å². The number of halogens is 2. The number of nitrogens with two attached hydrogens (primary N) is 1. The molecular weight excluding hydrogens is 323 g/mol. The molecule has 5 heteroatoms. The summed E-state index contributed by atoms with van der Waals surface area (Å²) in [6.07, 6.45) is 0. The summed E-state index contributed by atoms with van der Waals surface area (Å²) >= 11 is 3.29. The Morgan fingerprint density at radius 2 is 1.90 bits per heavy atom. The van der Waals surface area contributed by atoms with Crippen LogP contribution in [0.3, 0.4) is 0 Å². The summed E-state index contributed by atoms with van der Waals surface area (Å²) < 4.78 is 19.6. The average Bonchev–Trinajstić information content (AvgIpc) is 2.41. The fourth-order valence-corrected chi connectivity index (χ4v) is 2.53. The fourth-order valence-electron chi connectivity index (χ4n) is 2.05. The second-order valence-electron chi connectivity index (χ2n) is 4.30. The molecule has 2 aromatic carbocycles. The Morgan fingerprint density at radius 1 is 1.20 bits per heavy atom. The van der Waals surface area contributed by atoms with Gasteiger partial charge in [-0.1, -0.05) is 28.1 Å². The van der Waals surface area contributed by atoms with Crippen LogP contribution in [0.25, 0.3) is 0 Å². The summed E-state index contributed by atoms with van der Waals surface area (Å²) in [7, 11) is 0. The third-order valence-electron chi connectivity index (χ3n) is 2.91. The molecule has 3 N–H and O–H groups in total. The predicted molar refractivity (Wildman–Crippen MR) is 80.9 cm³/mol. The van der Waals surface area contributed by atoms with Gasteiger partial charge in [-0.2, -0.15) is 0 Å². The molecule has 2 aromatic rings. The Hall–Kier alpha value is -1.43. The number of hydrogen-bond acceptors (Lipinski definition) is 3. The van der Waals surface area contributed by atoms with Gasteiger partial charge < -0.3 is 4.74 Å². The number of hydrogen-bond donors (Lipinski definition) is 2. The Kier molecular flexibility index (Phi) is 5.11. The zero-order valence-corrected chi connectivity index (χ0v) is 12.7. The van der Waals surface area contributed by atoms with Crippen molar-refractivity contribution < 1.29 is 9.13 Å². The topological polar surface area (TPSA) is 47.3 Å². The fraction of sp³-hybridized carbons (Fsp3) is 0.200. The maximum absolute atomic E-state index is 13.5. The average molecular weight is 339 g/mol. The van der Waals surface area contributed by atoms with Crippen molar-refractivity contribution in [3.05, 3.63) is 63.9 Å². The van der Waals surface area contributed by atoms with E-state index < -0.39 is 0 Å². The first-order valence-electron chi connectivity index (χ1n) is 6.29. The summed E-state index contributed by atoms with van der Waals surface area (Å²) in [5.41, 5.74) is 4.40. The number of hydrazine groups is 1. The zero-order valence-electron chi connectivity index (χ0n) is 11.1. The van der Waals surface area contributed by atoms with Crippen molar-refractivity contribution >= 4 is 15.9 Å². The van der Waals surface area contributed by atoms with E-state index in [0.717, 1.165) is 16.9 Å². The van der Waals surface area contributed by atoms with Gasteiger partial charge in [-0.25, -0.2) is 9.82 Å². The lowest BCUT2D eigenvalue weighted by atomic mass is 9.99. The highest BCUT2D eigenvalue weighted by Gasteiger charge is 2.14. The molecule has 0 fully saturated rings. The van der Waals surface area contributed by atoms with Gasteiger partial charge in [0.25, 0.3) is 0 Å². The molecule has 106 valence electrons. The first-order chi connectivity index (χ1) is 9.63. The van der Waals surface area contributed by atoms with Crippen molar-refractivity contribution in [2.24, 2.45) is 5.84 Å². The molecule has 0 amide bonds. The largest absolute Gasteiger partial charge is 0.494 e. The van der Waals surface area contributed by atoms with E-state index in [4.69, 9.17) is 10.6 Å². The van der Waals surface area contributed by atoms with Gasteiger partial charge in [0.2, 0.25) is 0 Å². The summed E-state index contributed by atoms with van der Waals surface area (Å²) in [6.45, 7) is 2.55. The first kappa shape index (κ1) is 15.0. The zero-order chi connectivity index (χ0) is 14.5. The van der Waals surface area contributed by atoms with E-state index in [1.54, 1.807) is 0 Å². The smallest absolute Gasteiger partial charge is 0.124 e. The lowest BCUT2D eigenvalue weighted by Gasteiger charge is -2.18. The Labute approximate surface area is 126 Å². The number of ether oxygens (including phenoxy) is 1. The van der Waals surface area contributed by atoms with Crippen molar-refractivity contribution in [3.8, 4) is 5.75 Å². The van der Waals surface area contributed by atoms with Gasteiger partial charge in [0, 0.05) is 4.47 Å². The molecule has 0 bridgehead atoms. The standard InChI is InChI=1S/C15H16BrFN2O/c1-2-20-14-5-3-10(4-6-14)15(19-18)11-7-12(16)9-13(17)8-11/h3-9,15,19H,2,18H2,1H3. The lowest BCUT2D eigenvalue weighted by Crippen LogP contribution is -2.28. The van der Waals surface area contributed by atoms with Crippen molar-refractivity contribution in [3.63, 3.8) is 0 Å². The second kappa shape index (κ2) is 6.83. The molecule has 1 atom stereocenters. The highest BCUT2D eigenvalue weighted by atomic mass is 79.9. The van der Waals surface area contributed by atoms with E-state index in [-0.39, 0.29) is 11.9 Å². The molecule has 0 aliphatic heterocycles. The van der Waals surface area contributed by atoms with Crippen LogP contribution in [0, 0.1) is 5.82 Å². The van der Waals surface area contributed by atoms with E-state index >= 15 is 0 Å². The summed E-state index contributed by atoms with van der Waals surface area (Å²) in [5, 5.41) is 0. The Bertz CT molecular complexity index is 554. The molecule has 3 nitrogen and oxygen atoms in total. The summed E-state index contributed by atoms with van der Waals surface area (Å²) in [5.74, 6) is 6.11. The third kappa shape index (κ3) is 3.56. The van der Waals surface area contributed by atoms with Gasteiger partial charge in [0.15, 0.2) is 0 Å². The maximum atomic E-state index is 13.5. The number of benzene rings is 2. The Morgan fingerprint density at radius 3 is 2.45 bits per heavy atom. The van der Waals surface area contributed by atoms with Crippen LogP contribution in [0.4, 0.5) is 4.39 Å². The van der Waals surface area contributed by atoms with Gasteiger partial charge in [0.1, 0.15) is 11.6 Å². The minimum atomic E-state index is -0.305. The van der Waals surface area contributed by atoms with E-state index in [0.29, 0.717) is 11.1 Å². The Balaban J connectivity index is 2.31. The maximum Gasteiger partial charge on any atom is 0.124 e. The van der Waals surface area contributed by atoms with Crippen molar-refractivity contribution in [2.75, 3.05) is 6.61 Å². The van der Waals surface area contributed by atoms with Crippen molar-refractivity contribution in [1.29, 1.82) is 0 Å². The van der Waals surface area contributed by atoms with Crippen LogP contribution in [0.5, 0.6) is 5.75 Å². The first-order valence-corrected chi connectivity index (χ1v) is 7.08. The van der Waals surface area contributed by atoms with E-state index in [9.17, 15) is 4.39 Å². The molecule has 0 radical (unpaired) electrons. The second-order valence-corrected chi connectivity index (χ2v) is 5.22. The molecule has 0 spiro atoms. The molecule has 0 aliphatic carbocycles. The van der Waals surface area contributed by atoms with Crippen LogP contribution in [-0.2, 0) is 0 Å². The SMILES string of the molecule is CCOc1ccc(C(NN)c2cc(F)cc(Br)c2)cc1. The molecule has 0 aliphatic rings. The minimum absolute atomic E-state index is 0.280. The van der Waals surface area contributed by atoms with Gasteiger partial charge in [0.05, 0.1) is 12.6 Å². The van der Waals surface area contributed by atoms with Crippen LogP contribution >= 0.6 is 15.9 Å². The van der Waals surface area contributed by atoms with E-state index in [2.05, 4.69) is 21.4 Å². The summed E-state index contributed by atoms with van der Waals surface area (Å²) in [4.78, 5) is 0. The van der Waals surface area contributed by atoms with Crippen molar-refractivity contribution in [1.82, 2.24) is 5.43 Å². The van der Waals surface area contributed by atoms with Gasteiger partial charge in [-0.15, -0.1) is 0 Å². The molecule has 2 rings (SSSR count). The number of rotatable bonds is 5. The van der Waals surface area contributed by atoms with Crippen LogP contribution < -0.4 is 16.0 Å². The van der Waals surface area contributed by atoms with Gasteiger partial charge in [-0.05, 0) is 48.4 Å². The number of nitrogens with one attached hydrogen (secondary N) is 1. The molecular formula is C15H16BrFN2O. The van der Waals surface area contributed by atoms with Gasteiger partial charge >= 0.3 is 0 Å². The third-order valence-corrected chi connectivity index (χ3v) is 3.37. The van der Waals surface area contributed by atoms with E-state index in [1.807, 2.05) is 37.3 Å². The highest BCUT2D eigenvalue weighted by Crippen LogP contribution is 2.26. The van der Waals surface area contributed by atoms with Gasteiger partial charge in [-0.3, -0.25) is 5.84 Å². The predicted octanol–water partition coefficient (Wildman–Crippen LogP) is 3.54. The molecule has 1 unspecified atom stereocenters. The quantitative estimate of drug-likeness (QED) is 0.647.